The van der Waals surface area contributed by atoms with E-state index < -0.39 is 18.0 Å². The zero-order valence-corrected chi connectivity index (χ0v) is 19.3. The normalized spacial score (nSPS) is 16.3. The Bertz CT molecular complexity index is 992. The molecule has 1 aromatic carbocycles. The van der Waals surface area contributed by atoms with Gasteiger partial charge < -0.3 is 15.4 Å². The van der Waals surface area contributed by atoms with Gasteiger partial charge in [-0.25, -0.2) is 0 Å². The molecule has 2 aromatic rings. The van der Waals surface area contributed by atoms with E-state index in [-0.39, 0.29) is 16.0 Å². The second-order valence-corrected chi connectivity index (χ2v) is 9.98. The molecule has 1 atom stereocenters. The number of thiophene rings is 1. The molecule has 2 amide bonds. The van der Waals surface area contributed by atoms with Gasteiger partial charge in [-0.05, 0) is 67.3 Å². The van der Waals surface area contributed by atoms with Crippen LogP contribution in [0.2, 0.25) is 0 Å². The molecule has 1 heterocycles. The second-order valence-electron chi connectivity index (χ2n) is 8.88. The van der Waals surface area contributed by atoms with Gasteiger partial charge in [-0.2, -0.15) is 13.2 Å². The molecule has 0 aliphatic heterocycles. The number of alkyl halides is 3. The summed E-state index contributed by atoms with van der Waals surface area (Å²) in [5, 5.41) is 4.60. The molecule has 1 aliphatic carbocycles. The lowest BCUT2D eigenvalue weighted by Gasteiger charge is -2.33. The fourth-order valence-electron chi connectivity index (χ4n) is 3.82. The van der Waals surface area contributed by atoms with Crippen molar-refractivity contribution >= 4 is 33.8 Å². The molecule has 3 rings (SSSR count). The quantitative estimate of drug-likeness (QED) is 0.561. The van der Waals surface area contributed by atoms with E-state index in [2.05, 4.69) is 26.1 Å². The summed E-state index contributed by atoms with van der Waals surface area (Å²) in [6, 6.07) is 6.71. The number of carbonyl (C=O) groups is 2. The number of rotatable bonds is 5. The summed E-state index contributed by atoms with van der Waals surface area (Å²) >= 11 is 1.06. The van der Waals surface area contributed by atoms with Crippen LogP contribution < -0.4 is 15.4 Å². The standard InChI is InChI=1S/C23H27F3N2O3S/c1-5-31-15-9-7-14(8-10-15)27-19(29)18-16-11-6-13(22(2,3)4)12-17(16)32-20(18)28-21(30)23(24,25)26/h7-10,13H,5-6,11-12H2,1-4H3,(H,27,29)(H,28,30). The third-order valence-electron chi connectivity index (χ3n) is 5.62. The minimum atomic E-state index is -5.04. The largest absolute Gasteiger partial charge is 0.494 e. The average Bonchev–Trinajstić information content (AvgIpc) is 3.05. The highest BCUT2D eigenvalue weighted by Gasteiger charge is 2.41. The molecule has 0 saturated heterocycles. The van der Waals surface area contributed by atoms with Gasteiger partial charge in [0.15, 0.2) is 0 Å². The predicted molar refractivity (Wildman–Crippen MR) is 120 cm³/mol. The molecule has 2 N–H and O–H groups in total. The summed E-state index contributed by atoms with van der Waals surface area (Å²) in [5.41, 5.74) is 1.34. The van der Waals surface area contributed by atoms with Crippen LogP contribution in [0, 0.1) is 11.3 Å². The van der Waals surface area contributed by atoms with Gasteiger partial charge in [-0.15, -0.1) is 11.3 Å². The van der Waals surface area contributed by atoms with Crippen LogP contribution in [0.15, 0.2) is 24.3 Å². The highest BCUT2D eigenvalue weighted by atomic mass is 32.1. The van der Waals surface area contributed by atoms with Gasteiger partial charge in [0.2, 0.25) is 0 Å². The zero-order chi connectivity index (χ0) is 23.7. The first-order valence-corrected chi connectivity index (χ1v) is 11.3. The van der Waals surface area contributed by atoms with Gasteiger partial charge in [0.05, 0.1) is 12.2 Å². The Kier molecular flexibility index (Phi) is 6.88. The summed E-state index contributed by atoms with van der Waals surface area (Å²) in [7, 11) is 0. The third-order valence-corrected chi connectivity index (χ3v) is 6.79. The van der Waals surface area contributed by atoms with Gasteiger partial charge in [-0.3, -0.25) is 9.59 Å². The van der Waals surface area contributed by atoms with Crippen molar-refractivity contribution in [2.75, 3.05) is 17.2 Å². The summed E-state index contributed by atoms with van der Waals surface area (Å²) in [5.74, 6) is -1.65. The smallest absolute Gasteiger partial charge is 0.471 e. The molecule has 0 saturated carbocycles. The van der Waals surface area contributed by atoms with Crippen LogP contribution in [0.4, 0.5) is 23.9 Å². The van der Waals surface area contributed by atoms with E-state index in [0.29, 0.717) is 36.8 Å². The molecule has 174 valence electrons. The maximum Gasteiger partial charge on any atom is 0.471 e. The first-order chi connectivity index (χ1) is 14.9. The molecule has 1 aliphatic rings. The Morgan fingerprint density at radius 3 is 2.34 bits per heavy atom. The van der Waals surface area contributed by atoms with Crippen LogP contribution in [0.1, 0.15) is 54.9 Å². The van der Waals surface area contributed by atoms with Crippen molar-refractivity contribution in [3.8, 4) is 5.75 Å². The number of carbonyl (C=O) groups excluding carboxylic acids is 2. The van der Waals surface area contributed by atoms with Crippen LogP contribution >= 0.6 is 11.3 Å². The lowest BCUT2D eigenvalue weighted by Crippen LogP contribution is -2.30. The van der Waals surface area contributed by atoms with Crippen molar-refractivity contribution in [2.45, 2.75) is 53.1 Å². The van der Waals surface area contributed by atoms with Gasteiger partial charge in [0.1, 0.15) is 10.8 Å². The SMILES string of the molecule is CCOc1ccc(NC(=O)c2c(NC(=O)C(F)(F)F)sc3c2CCC(C(C)(C)C)C3)cc1. The van der Waals surface area contributed by atoms with Crippen molar-refractivity contribution in [1.82, 2.24) is 0 Å². The maximum atomic E-state index is 13.1. The average molecular weight is 469 g/mol. The van der Waals surface area contributed by atoms with Gasteiger partial charge in [-0.1, -0.05) is 20.8 Å². The molecule has 1 unspecified atom stereocenters. The number of fused-ring (bicyclic) bond motifs is 1. The van der Waals surface area contributed by atoms with E-state index in [1.807, 2.05) is 12.2 Å². The molecule has 0 bridgehead atoms. The second kappa shape index (κ2) is 9.13. The van der Waals surface area contributed by atoms with Crippen molar-refractivity contribution in [1.29, 1.82) is 0 Å². The van der Waals surface area contributed by atoms with E-state index in [1.54, 1.807) is 24.3 Å². The molecule has 1 aromatic heterocycles. The highest BCUT2D eigenvalue weighted by Crippen LogP contribution is 2.44. The Morgan fingerprint density at radius 1 is 1.12 bits per heavy atom. The molecule has 9 heteroatoms. The van der Waals surface area contributed by atoms with Gasteiger partial charge >= 0.3 is 12.1 Å². The van der Waals surface area contributed by atoms with Gasteiger partial charge in [0, 0.05) is 10.6 Å². The Morgan fingerprint density at radius 2 is 1.78 bits per heavy atom. The minimum absolute atomic E-state index is 0.0296. The van der Waals surface area contributed by atoms with Gasteiger partial charge in [0.25, 0.3) is 5.91 Å². The topological polar surface area (TPSA) is 67.4 Å². The molecular formula is C23H27F3N2O3S. The third kappa shape index (κ3) is 5.43. The number of nitrogens with one attached hydrogen (secondary N) is 2. The summed E-state index contributed by atoms with van der Waals surface area (Å²) in [6.07, 6.45) is -2.99. The monoisotopic (exact) mass is 468 g/mol. The molecule has 0 spiro atoms. The number of hydrogen-bond donors (Lipinski definition) is 2. The van der Waals surface area contributed by atoms with Crippen molar-refractivity contribution in [3.63, 3.8) is 0 Å². The fraction of sp³-hybridized carbons (Fsp3) is 0.478. The number of amides is 2. The van der Waals surface area contributed by atoms with E-state index in [9.17, 15) is 22.8 Å². The predicted octanol–water partition coefficient (Wildman–Crippen LogP) is 6.05. The van der Waals surface area contributed by atoms with Crippen molar-refractivity contribution < 1.29 is 27.5 Å². The number of hydrogen-bond acceptors (Lipinski definition) is 4. The summed E-state index contributed by atoms with van der Waals surface area (Å²) in [4.78, 5) is 25.6. The first kappa shape index (κ1) is 24.1. The number of anilines is 2. The lowest BCUT2D eigenvalue weighted by atomic mass is 9.72. The maximum absolute atomic E-state index is 13.1. The van der Waals surface area contributed by atoms with E-state index in [0.717, 1.165) is 28.2 Å². The van der Waals surface area contributed by atoms with Crippen LogP contribution in [0.25, 0.3) is 0 Å². The van der Waals surface area contributed by atoms with Crippen LogP contribution in [-0.2, 0) is 17.6 Å². The Hall–Kier alpha value is -2.55. The number of halogens is 3. The lowest BCUT2D eigenvalue weighted by molar-refractivity contribution is -0.167. The molecule has 0 radical (unpaired) electrons. The molecular weight excluding hydrogens is 441 g/mol. The minimum Gasteiger partial charge on any atom is -0.494 e. The van der Waals surface area contributed by atoms with Crippen LogP contribution in [0.5, 0.6) is 5.75 Å². The molecule has 0 fully saturated rings. The highest BCUT2D eigenvalue weighted by molar-refractivity contribution is 7.17. The van der Waals surface area contributed by atoms with Crippen molar-refractivity contribution in [2.24, 2.45) is 11.3 Å². The zero-order valence-electron chi connectivity index (χ0n) is 18.5. The van der Waals surface area contributed by atoms with Crippen LogP contribution in [0.3, 0.4) is 0 Å². The number of ether oxygens (including phenoxy) is 1. The Labute approximate surface area is 189 Å². The van der Waals surface area contributed by atoms with Crippen molar-refractivity contribution in [3.05, 3.63) is 40.3 Å². The first-order valence-electron chi connectivity index (χ1n) is 10.5. The molecule has 5 nitrogen and oxygen atoms in total. The summed E-state index contributed by atoms with van der Waals surface area (Å²) < 4.78 is 44.1. The molecule has 32 heavy (non-hydrogen) atoms. The summed E-state index contributed by atoms with van der Waals surface area (Å²) in [6.45, 7) is 8.74. The fourth-order valence-corrected chi connectivity index (χ4v) is 5.14. The van der Waals surface area contributed by atoms with E-state index in [1.165, 1.54) is 0 Å². The van der Waals surface area contributed by atoms with Crippen LogP contribution in [-0.4, -0.2) is 24.6 Å². The Balaban J connectivity index is 1.92. The van der Waals surface area contributed by atoms with E-state index in [4.69, 9.17) is 4.74 Å². The van der Waals surface area contributed by atoms with E-state index >= 15 is 0 Å². The number of benzene rings is 1.